The van der Waals surface area contributed by atoms with Crippen molar-refractivity contribution in [3.63, 3.8) is 0 Å². The van der Waals surface area contributed by atoms with Crippen molar-refractivity contribution < 1.29 is 14.0 Å². The van der Waals surface area contributed by atoms with E-state index in [1.807, 2.05) is 0 Å². The lowest BCUT2D eigenvalue weighted by molar-refractivity contribution is -0.121. The lowest BCUT2D eigenvalue weighted by atomic mass is 10.1. The fraction of sp³-hybridized carbons (Fsp3) is 0.316. The molecule has 126 valence electrons. The zero-order valence-electron chi connectivity index (χ0n) is 13.5. The number of aryl methyl sites for hydroxylation is 1. The minimum atomic E-state index is -0.230. The standard InChI is InChI=1S/C19H21FN2O2/c20-17-8-6-15(7-9-17)4-1-2-13-22-19(24)11-10-18(23)16-5-3-12-21-14-16/h3,5-9,12,14H,1-2,4,10-11,13H2,(H,22,24). The van der Waals surface area contributed by atoms with Gasteiger partial charge in [0, 0.05) is 37.3 Å². The van der Waals surface area contributed by atoms with Gasteiger partial charge in [0.15, 0.2) is 5.78 Å². The molecule has 0 spiro atoms. The maximum atomic E-state index is 12.8. The zero-order valence-corrected chi connectivity index (χ0v) is 13.5. The average molecular weight is 328 g/mol. The van der Waals surface area contributed by atoms with Crippen molar-refractivity contribution in [2.75, 3.05) is 6.54 Å². The van der Waals surface area contributed by atoms with Crippen LogP contribution in [-0.2, 0) is 11.2 Å². The molecule has 5 heteroatoms. The number of hydrogen-bond donors (Lipinski definition) is 1. The Hall–Kier alpha value is -2.56. The van der Waals surface area contributed by atoms with Crippen molar-refractivity contribution >= 4 is 11.7 Å². The fourth-order valence-electron chi connectivity index (χ4n) is 2.32. The molecule has 0 unspecified atom stereocenters. The summed E-state index contributed by atoms with van der Waals surface area (Å²) in [5.41, 5.74) is 1.62. The number of unbranched alkanes of at least 4 members (excludes halogenated alkanes) is 1. The number of halogens is 1. The Labute approximate surface area is 141 Å². The lowest BCUT2D eigenvalue weighted by Crippen LogP contribution is -2.24. The van der Waals surface area contributed by atoms with Crippen molar-refractivity contribution in [1.29, 1.82) is 0 Å². The summed E-state index contributed by atoms with van der Waals surface area (Å²) in [4.78, 5) is 27.5. The van der Waals surface area contributed by atoms with Gasteiger partial charge in [-0.3, -0.25) is 14.6 Å². The summed E-state index contributed by atoms with van der Waals surface area (Å²) in [6.45, 7) is 0.584. The maximum absolute atomic E-state index is 12.8. The third kappa shape index (κ3) is 6.28. The molecule has 0 aliphatic carbocycles. The van der Waals surface area contributed by atoms with E-state index in [9.17, 15) is 14.0 Å². The molecule has 0 saturated carbocycles. The van der Waals surface area contributed by atoms with Crippen molar-refractivity contribution in [2.24, 2.45) is 0 Å². The topological polar surface area (TPSA) is 59.1 Å². The van der Waals surface area contributed by atoms with Gasteiger partial charge in [0.25, 0.3) is 0 Å². The monoisotopic (exact) mass is 328 g/mol. The summed E-state index contributed by atoms with van der Waals surface area (Å²) in [6.07, 6.45) is 6.11. The number of carbonyl (C=O) groups is 2. The highest BCUT2D eigenvalue weighted by atomic mass is 19.1. The quantitative estimate of drug-likeness (QED) is 0.567. The Morgan fingerprint density at radius 2 is 1.83 bits per heavy atom. The number of ketones is 1. The highest BCUT2D eigenvalue weighted by Crippen LogP contribution is 2.07. The molecule has 0 radical (unpaired) electrons. The Balaban J connectivity index is 1.56. The normalized spacial score (nSPS) is 10.4. The molecule has 24 heavy (non-hydrogen) atoms. The molecular formula is C19H21FN2O2. The first-order valence-electron chi connectivity index (χ1n) is 8.09. The molecule has 4 nitrogen and oxygen atoms in total. The number of nitrogens with zero attached hydrogens (tertiary/aromatic N) is 1. The van der Waals surface area contributed by atoms with Crippen molar-refractivity contribution in [3.8, 4) is 0 Å². The van der Waals surface area contributed by atoms with E-state index in [0.717, 1.165) is 24.8 Å². The molecule has 0 aliphatic heterocycles. The SMILES string of the molecule is O=C(CCC(=O)c1cccnc1)NCCCCc1ccc(F)cc1. The maximum Gasteiger partial charge on any atom is 0.220 e. The number of nitrogens with one attached hydrogen (secondary N) is 1. The number of aromatic nitrogens is 1. The second-order valence-corrected chi connectivity index (χ2v) is 5.60. The van der Waals surface area contributed by atoms with E-state index in [4.69, 9.17) is 0 Å². The van der Waals surface area contributed by atoms with Gasteiger partial charge in [-0.05, 0) is 49.1 Å². The Morgan fingerprint density at radius 1 is 1.04 bits per heavy atom. The largest absolute Gasteiger partial charge is 0.356 e. The lowest BCUT2D eigenvalue weighted by Gasteiger charge is -2.05. The molecule has 1 aromatic carbocycles. The van der Waals surface area contributed by atoms with E-state index < -0.39 is 0 Å². The van der Waals surface area contributed by atoms with Crippen LogP contribution in [-0.4, -0.2) is 23.2 Å². The molecule has 2 rings (SSSR count). The Morgan fingerprint density at radius 3 is 2.54 bits per heavy atom. The van der Waals surface area contributed by atoms with Crippen LogP contribution >= 0.6 is 0 Å². The summed E-state index contributed by atoms with van der Waals surface area (Å²) in [6, 6.07) is 9.86. The summed E-state index contributed by atoms with van der Waals surface area (Å²) < 4.78 is 12.8. The zero-order chi connectivity index (χ0) is 17.2. The molecule has 0 saturated heterocycles. The third-order valence-corrected chi connectivity index (χ3v) is 3.69. The van der Waals surface area contributed by atoms with Crippen LogP contribution in [0.1, 0.15) is 41.6 Å². The van der Waals surface area contributed by atoms with Gasteiger partial charge in [-0.2, -0.15) is 0 Å². The number of rotatable bonds is 9. The smallest absolute Gasteiger partial charge is 0.220 e. The number of Topliss-reactive ketones (excluding diaryl/α,β-unsaturated/α-hetero) is 1. The van der Waals surface area contributed by atoms with Crippen LogP contribution in [0.25, 0.3) is 0 Å². The van der Waals surface area contributed by atoms with Crippen LogP contribution < -0.4 is 5.32 Å². The number of amides is 1. The van der Waals surface area contributed by atoms with Gasteiger partial charge in [-0.15, -0.1) is 0 Å². The first-order chi connectivity index (χ1) is 11.6. The molecule has 2 aromatic rings. The third-order valence-electron chi connectivity index (χ3n) is 3.69. The Bertz CT molecular complexity index is 657. The van der Waals surface area contributed by atoms with E-state index in [1.54, 1.807) is 30.5 Å². The van der Waals surface area contributed by atoms with Gasteiger partial charge in [-0.25, -0.2) is 4.39 Å². The summed E-state index contributed by atoms with van der Waals surface area (Å²) in [5, 5.41) is 2.82. The summed E-state index contributed by atoms with van der Waals surface area (Å²) in [5.74, 6) is -0.421. The van der Waals surface area contributed by atoms with Crippen LogP contribution in [0.15, 0.2) is 48.8 Å². The van der Waals surface area contributed by atoms with Gasteiger partial charge >= 0.3 is 0 Å². The summed E-state index contributed by atoms with van der Waals surface area (Å²) in [7, 11) is 0. The highest BCUT2D eigenvalue weighted by molar-refractivity contribution is 5.97. The minimum absolute atomic E-state index is 0.0745. The molecule has 1 heterocycles. The predicted octanol–water partition coefficient (Wildman–Crippen LogP) is 3.32. The number of carbonyl (C=O) groups excluding carboxylic acids is 2. The fourth-order valence-corrected chi connectivity index (χ4v) is 2.32. The Kier molecular flexibility index (Phi) is 7.08. The molecule has 1 amide bonds. The van der Waals surface area contributed by atoms with Crippen LogP contribution in [0.2, 0.25) is 0 Å². The number of pyridine rings is 1. The van der Waals surface area contributed by atoms with E-state index >= 15 is 0 Å². The minimum Gasteiger partial charge on any atom is -0.356 e. The number of benzene rings is 1. The molecule has 0 bridgehead atoms. The van der Waals surface area contributed by atoms with E-state index in [2.05, 4.69) is 10.3 Å². The second-order valence-electron chi connectivity index (χ2n) is 5.60. The molecule has 1 N–H and O–H groups in total. The van der Waals surface area contributed by atoms with Crippen LogP contribution in [0.3, 0.4) is 0 Å². The summed E-state index contributed by atoms with van der Waals surface area (Å²) >= 11 is 0. The molecule has 0 fully saturated rings. The molecular weight excluding hydrogens is 307 g/mol. The highest BCUT2D eigenvalue weighted by Gasteiger charge is 2.08. The van der Waals surface area contributed by atoms with Gasteiger partial charge in [0.05, 0.1) is 0 Å². The molecule has 1 aromatic heterocycles. The van der Waals surface area contributed by atoms with Gasteiger partial charge < -0.3 is 5.32 Å². The number of hydrogen-bond acceptors (Lipinski definition) is 3. The van der Waals surface area contributed by atoms with Crippen LogP contribution in [0, 0.1) is 5.82 Å². The van der Waals surface area contributed by atoms with E-state index in [0.29, 0.717) is 12.1 Å². The molecule has 0 atom stereocenters. The first-order valence-corrected chi connectivity index (χ1v) is 8.09. The predicted molar refractivity (Wildman–Crippen MR) is 90.1 cm³/mol. The van der Waals surface area contributed by atoms with E-state index in [1.165, 1.54) is 18.3 Å². The van der Waals surface area contributed by atoms with Crippen molar-refractivity contribution in [1.82, 2.24) is 10.3 Å². The van der Waals surface area contributed by atoms with Gasteiger partial charge in [0.2, 0.25) is 5.91 Å². The van der Waals surface area contributed by atoms with E-state index in [-0.39, 0.29) is 30.3 Å². The van der Waals surface area contributed by atoms with Crippen LogP contribution in [0.5, 0.6) is 0 Å². The average Bonchev–Trinajstić information content (AvgIpc) is 2.61. The van der Waals surface area contributed by atoms with Crippen LogP contribution in [0.4, 0.5) is 4.39 Å². The van der Waals surface area contributed by atoms with Crippen molar-refractivity contribution in [3.05, 3.63) is 65.7 Å². The first kappa shape index (κ1) is 17.8. The van der Waals surface area contributed by atoms with Crippen molar-refractivity contribution in [2.45, 2.75) is 32.1 Å². The molecule has 0 aliphatic rings. The van der Waals surface area contributed by atoms with Gasteiger partial charge in [0.1, 0.15) is 5.82 Å². The second kappa shape index (κ2) is 9.55. The van der Waals surface area contributed by atoms with Gasteiger partial charge in [-0.1, -0.05) is 12.1 Å².